The quantitative estimate of drug-likeness (QED) is 0.264. The number of hydrogen-bond donors (Lipinski definition) is 0. The van der Waals surface area contributed by atoms with Gasteiger partial charge in [0.05, 0.1) is 13.2 Å². The highest BCUT2D eigenvalue weighted by Gasteiger charge is 2.29. The average molecular weight is 386 g/mol. The van der Waals surface area contributed by atoms with Crippen molar-refractivity contribution in [3.8, 4) is 0 Å². The maximum Gasteiger partial charge on any atom is 0.410 e. The van der Waals surface area contributed by atoms with E-state index < -0.39 is 12.1 Å². The third-order valence-corrected chi connectivity index (χ3v) is 4.62. The number of rotatable bonds is 15. The summed E-state index contributed by atoms with van der Waals surface area (Å²) in [5, 5.41) is 0. The summed E-state index contributed by atoms with van der Waals surface area (Å²) in [6.07, 6.45) is 8.87. The van der Waals surface area contributed by atoms with Gasteiger partial charge in [0, 0.05) is 7.05 Å². The second-order valence-corrected chi connectivity index (χ2v) is 8.34. The lowest BCUT2D eigenvalue weighted by Gasteiger charge is -2.27. The molecular formula is C22H43NO4. The standard InChI is InChI=1S/C22H43NO4/c1-7-8-9-10-11-12-15-27-22(25)23(6)20(17-19(4)5)21(24)26-16-13-14-18(2)3/h18-20H,7-17H2,1-6H3/t20-/m0/s1. The number of amides is 1. The number of carbonyl (C=O) groups is 2. The SMILES string of the molecule is CCCCCCCCOC(=O)N(C)[C@@H](CC(C)C)C(=O)OCCCC(C)C. The molecule has 0 aromatic rings. The maximum atomic E-state index is 12.5. The maximum absolute atomic E-state index is 12.5. The van der Waals surface area contributed by atoms with Crippen LogP contribution in [0.5, 0.6) is 0 Å². The van der Waals surface area contributed by atoms with E-state index >= 15 is 0 Å². The largest absolute Gasteiger partial charge is 0.464 e. The van der Waals surface area contributed by atoms with E-state index in [0.29, 0.717) is 25.6 Å². The Kier molecular flexibility index (Phi) is 15.0. The highest BCUT2D eigenvalue weighted by atomic mass is 16.6. The van der Waals surface area contributed by atoms with Crippen LogP contribution in [0.3, 0.4) is 0 Å². The van der Waals surface area contributed by atoms with E-state index in [1.165, 1.54) is 30.6 Å². The molecule has 0 radical (unpaired) electrons. The molecule has 0 N–H and O–H groups in total. The van der Waals surface area contributed by atoms with Crippen molar-refractivity contribution in [1.82, 2.24) is 4.90 Å². The first-order valence-electron chi connectivity index (χ1n) is 10.9. The minimum absolute atomic E-state index is 0.284. The molecule has 1 atom stereocenters. The number of hydrogen-bond acceptors (Lipinski definition) is 4. The molecule has 0 aromatic heterocycles. The molecule has 0 saturated heterocycles. The zero-order chi connectivity index (χ0) is 20.7. The van der Waals surface area contributed by atoms with Gasteiger partial charge in [-0.1, -0.05) is 66.7 Å². The Morgan fingerprint density at radius 1 is 0.815 bits per heavy atom. The van der Waals surface area contributed by atoms with Crippen LogP contribution in [-0.4, -0.2) is 43.3 Å². The fourth-order valence-electron chi connectivity index (χ4n) is 2.89. The van der Waals surface area contributed by atoms with Gasteiger partial charge in [-0.05, 0) is 37.5 Å². The first kappa shape index (κ1) is 25.7. The van der Waals surface area contributed by atoms with Gasteiger partial charge < -0.3 is 9.47 Å². The summed E-state index contributed by atoms with van der Waals surface area (Å²) in [5.41, 5.74) is 0. The number of likely N-dealkylation sites (N-methyl/N-ethyl adjacent to an activating group) is 1. The van der Waals surface area contributed by atoms with Gasteiger partial charge in [-0.15, -0.1) is 0 Å². The minimum atomic E-state index is -0.582. The van der Waals surface area contributed by atoms with Crippen LogP contribution in [0.25, 0.3) is 0 Å². The van der Waals surface area contributed by atoms with Crippen molar-refractivity contribution in [3.05, 3.63) is 0 Å². The van der Waals surface area contributed by atoms with Crippen molar-refractivity contribution in [2.75, 3.05) is 20.3 Å². The summed E-state index contributed by atoms with van der Waals surface area (Å²) in [7, 11) is 1.63. The third-order valence-electron chi connectivity index (χ3n) is 4.62. The van der Waals surface area contributed by atoms with Gasteiger partial charge >= 0.3 is 12.1 Å². The van der Waals surface area contributed by atoms with E-state index in [9.17, 15) is 9.59 Å². The van der Waals surface area contributed by atoms with Crippen molar-refractivity contribution in [2.24, 2.45) is 11.8 Å². The lowest BCUT2D eigenvalue weighted by molar-refractivity contribution is -0.149. The van der Waals surface area contributed by atoms with Gasteiger partial charge in [-0.3, -0.25) is 4.90 Å². The highest BCUT2D eigenvalue weighted by molar-refractivity contribution is 5.81. The first-order chi connectivity index (χ1) is 12.8. The normalized spacial score (nSPS) is 12.3. The molecular weight excluding hydrogens is 342 g/mol. The molecule has 0 rings (SSSR count). The molecule has 1 amide bonds. The topological polar surface area (TPSA) is 55.8 Å². The average Bonchev–Trinajstić information content (AvgIpc) is 2.61. The zero-order valence-corrected chi connectivity index (χ0v) is 18.6. The Morgan fingerprint density at radius 3 is 2.00 bits per heavy atom. The van der Waals surface area contributed by atoms with E-state index in [-0.39, 0.29) is 11.9 Å². The number of carbonyl (C=O) groups excluding carboxylic acids is 2. The van der Waals surface area contributed by atoms with Crippen LogP contribution in [0.15, 0.2) is 0 Å². The Hall–Kier alpha value is -1.26. The summed E-state index contributed by atoms with van der Waals surface area (Å²) < 4.78 is 10.8. The van der Waals surface area contributed by atoms with Crippen molar-refractivity contribution in [3.63, 3.8) is 0 Å². The molecule has 0 aliphatic carbocycles. The van der Waals surface area contributed by atoms with Gasteiger partial charge in [-0.25, -0.2) is 9.59 Å². The van der Waals surface area contributed by atoms with E-state index in [0.717, 1.165) is 25.7 Å². The number of ether oxygens (including phenoxy) is 2. The summed E-state index contributed by atoms with van der Waals surface area (Å²) in [6, 6.07) is -0.582. The second kappa shape index (κ2) is 15.8. The van der Waals surface area contributed by atoms with Crippen LogP contribution in [0.2, 0.25) is 0 Å². The number of esters is 1. The van der Waals surface area contributed by atoms with E-state index in [1.807, 2.05) is 13.8 Å². The molecule has 0 aromatic carbocycles. The zero-order valence-electron chi connectivity index (χ0n) is 18.6. The fourth-order valence-corrected chi connectivity index (χ4v) is 2.89. The Labute approximate surface area is 167 Å². The lowest BCUT2D eigenvalue weighted by atomic mass is 10.0. The summed E-state index contributed by atoms with van der Waals surface area (Å²) in [6.45, 7) is 11.4. The summed E-state index contributed by atoms with van der Waals surface area (Å²) >= 11 is 0. The molecule has 0 aliphatic heterocycles. The fraction of sp³-hybridized carbons (Fsp3) is 0.909. The Balaban J connectivity index is 4.34. The molecule has 5 heteroatoms. The van der Waals surface area contributed by atoms with Crippen molar-refractivity contribution in [2.45, 2.75) is 98.4 Å². The minimum Gasteiger partial charge on any atom is -0.464 e. The van der Waals surface area contributed by atoms with Gasteiger partial charge in [0.25, 0.3) is 0 Å². The van der Waals surface area contributed by atoms with Gasteiger partial charge in [0.15, 0.2) is 0 Å². The lowest BCUT2D eigenvalue weighted by Crippen LogP contribution is -2.44. The van der Waals surface area contributed by atoms with Crippen LogP contribution < -0.4 is 0 Å². The molecule has 27 heavy (non-hydrogen) atoms. The van der Waals surface area contributed by atoms with Gasteiger partial charge in [0.2, 0.25) is 0 Å². The predicted molar refractivity (Wildman–Crippen MR) is 111 cm³/mol. The van der Waals surface area contributed by atoms with E-state index in [4.69, 9.17) is 9.47 Å². The number of nitrogens with zero attached hydrogens (tertiary/aromatic N) is 1. The smallest absolute Gasteiger partial charge is 0.410 e. The van der Waals surface area contributed by atoms with Crippen LogP contribution in [-0.2, 0) is 14.3 Å². The van der Waals surface area contributed by atoms with Crippen LogP contribution in [0.4, 0.5) is 4.79 Å². The second-order valence-electron chi connectivity index (χ2n) is 8.34. The van der Waals surface area contributed by atoms with Gasteiger partial charge in [0.1, 0.15) is 6.04 Å². The summed E-state index contributed by atoms with van der Waals surface area (Å²) in [4.78, 5) is 26.2. The molecule has 0 saturated carbocycles. The van der Waals surface area contributed by atoms with Crippen molar-refractivity contribution < 1.29 is 19.1 Å². The molecule has 5 nitrogen and oxygen atoms in total. The number of unbranched alkanes of at least 4 members (excludes halogenated alkanes) is 5. The molecule has 0 spiro atoms. The van der Waals surface area contributed by atoms with E-state index in [1.54, 1.807) is 7.05 Å². The molecule has 0 fully saturated rings. The van der Waals surface area contributed by atoms with E-state index in [2.05, 4.69) is 20.8 Å². The molecule has 160 valence electrons. The predicted octanol–water partition coefficient (Wildman–Crippen LogP) is 5.81. The molecule has 0 bridgehead atoms. The third kappa shape index (κ3) is 13.5. The highest BCUT2D eigenvalue weighted by Crippen LogP contribution is 2.14. The summed E-state index contributed by atoms with van der Waals surface area (Å²) in [5.74, 6) is 0.549. The molecule has 0 unspecified atom stereocenters. The van der Waals surface area contributed by atoms with Crippen LogP contribution in [0.1, 0.15) is 92.4 Å². The van der Waals surface area contributed by atoms with Crippen molar-refractivity contribution in [1.29, 1.82) is 0 Å². The Bertz CT molecular complexity index is 396. The van der Waals surface area contributed by atoms with Crippen LogP contribution in [0, 0.1) is 11.8 Å². The Morgan fingerprint density at radius 2 is 1.41 bits per heavy atom. The molecule has 0 heterocycles. The molecule has 0 aliphatic rings. The van der Waals surface area contributed by atoms with Crippen LogP contribution >= 0.6 is 0 Å². The first-order valence-corrected chi connectivity index (χ1v) is 10.9. The monoisotopic (exact) mass is 385 g/mol. The van der Waals surface area contributed by atoms with Gasteiger partial charge in [-0.2, -0.15) is 0 Å². The van der Waals surface area contributed by atoms with Crippen molar-refractivity contribution >= 4 is 12.1 Å².